The smallest absolute Gasteiger partial charge is 0.104 e. The van der Waals surface area contributed by atoms with Gasteiger partial charge in [-0.05, 0) is 19.9 Å². The molecule has 18 heavy (non-hydrogen) atoms. The molecule has 0 aromatic carbocycles. The molecule has 0 aliphatic heterocycles. The predicted molar refractivity (Wildman–Crippen MR) is 82.0 cm³/mol. The van der Waals surface area contributed by atoms with Crippen molar-refractivity contribution in [2.45, 2.75) is 61.8 Å². The van der Waals surface area contributed by atoms with Crippen LogP contribution in [0.25, 0.3) is 11.0 Å². The zero-order chi connectivity index (χ0) is 14.6. The number of fused-ring (bicyclic) bond motifs is 1. The zero-order valence-electron chi connectivity index (χ0n) is 13.3. The number of aryl methyl sites for hydroxylation is 2. The van der Waals surface area contributed by atoms with Gasteiger partial charge in [0.2, 0.25) is 0 Å². The molecule has 104 valence electrons. The van der Waals surface area contributed by atoms with E-state index < -0.39 is 0 Å². The van der Waals surface area contributed by atoms with E-state index in [1.54, 1.807) is 0 Å². The van der Waals surface area contributed by atoms with Crippen LogP contribution in [0.15, 0.2) is 12.3 Å². The lowest BCUT2D eigenvalue weighted by Gasteiger charge is -1.88. The molecule has 0 bridgehead atoms. The molecule has 2 aromatic rings. The maximum Gasteiger partial charge on any atom is 0.104 e. The summed E-state index contributed by atoms with van der Waals surface area (Å²) in [6.45, 7) is 16.2. The normalized spacial score (nSPS) is 8.22. The number of H-pyrrole nitrogens is 1. The Labute approximate surface area is 112 Å². The summed E-state index contributed by atoms with van der Waals surface area (Å²) in [4.78, 5) is 11.5. The van der Waals surface area contributed by atoms with Crippen LogP contribution in [0.2, 0.25) is 0 Å². The van der Waals surface area contributed by atoms with Crippen LogP contribution in [0.4, 0.5) is 0 Å². The lowest BCUT2D eigenvalue weighted by atomic mass is 10.3. The van der Waals surface area contributed by atoms with Crippen LogP contribution in [0.5, 0.6) is 0 Å². The fraction of sp³-hybridized carbons (Fsp3) is 0.600. The van der Waals surface area contributed by atoms with Gasteiger partial charge in [0.1, 0.15) is 5.82 Å². The second-order valence-electron chi connectivity index (χ2n) is 3.37. The van der Waals surface area contributed by atoms with Crippen LogP contribution in [0, 0.1) is 13.8 Å². The van der Waals surface area contributed by atoms with E-state index >= 15 is 0 Å². The summed E-state index contributed by atoms with van der Waals surface area (Å²) in [7, 11) is 0. The third-order valence-corrected chi connectivity index (χ3v) is 1.62. The largest absolute Gasteiger partial charge is 0.341 e. The Morgan fingerprint density at radius 3 is 2.06 bits per heavy atom. The Morgan fingerprint density at radius 2 is 1.56 bits per heavy atom. The van der Waals surface area contributed by atoms with Gasteiger partial charge in [0.05, 0.1) is 17.2 Å². The minimum atomic E-state index is 0.937. The van der Waals surface area contributed by atoms with Crippen molar-refractivity contribution >= 4 is 11.0 Å². The Balaban J connectivity index is 0. The van der Waals surface area contributed by atoms with Crippen LogP contribution < -0.4 is 0 Å². The van der Waals surface area contributed by atoms with Gasteiger partial charge in [-0.15, -0.1) is 0 Å². The van der Waals surface area contributed by atoms with Gasteiger partial charge in [0, 0.05) is 5.69 Å². The van der Waals surface area contributed by atoms with Crippen LogP contribution in [0.3, 0.4) is 0 Å². The first-order chi connectivity index (χ1) is 8.67. The van der Waals surface area contributed by atoms with Crippen LogP contribution in [0.1, 0.15) is 59.5 Å². The summed E-state index contributed by atoms with van der Waals surface area (Å²) in [6, 6.07) is 1.97. The molecule has 0 saturated heterocycles. The molecule has 3 heteroatoms. The zero-order valence-corrected chi connectivity index (χ0v) is 13.3. The molecule has 3 nitrogen and oxygen atoms in total. The van der Waals surface area contributed by atoms with E-state index in [1.807, 2.05) is 53.8 Å². The molecule has 0 spiro atoms. The van der Waals surface area contributed by atoms with Crippen LogP contribution in [-0.2, 0) is 0 Å². The van der Waals surface area contributed by atoms with Crippen molar-refractivity contribution in [1.82, 2.24) is 15.0 Å². The van der Waals surface area contributed by atoms with E-state index in [9.17, 15) is 0 Å². The summed E-state index contributed by atoms with van der Waals surface area (Å²) in [5.74, 6) is 0.937. The number of pyridine rings is 1. The molecule has 0 radical (unpaired) electrons. The van der Waals surface area contributed by atoms with E-state index in [0.717, 1.165) is 22.6 Å². The second kappa shape index (κ2) is 12.1. The van der Waals surface area contributed by atoms with Crippen molar-refractivity contribution in [2.24, 2.45) is 0 Å². The van der Waals surface area contributed by atoms with E-state index in [4.69, 9.17) is 0 Å². The number of hydrogen-bond donors (Lipinski definition) is 1. The Bertz CT molecular complexity index is 405. The van der Waals surface area contributed by atoms with Gasteiger partial charge in [-0.25, -0.2) is 4.98 Å². The number of nitrogens with one attached hydrogen (secondary N) is 1. The second-order valence-corrected chi connectivity index (χ2v) is 3.37. The Kier molecular flexibility index (Phi) is 12.7. The number of nitrogens with zero attached hydrogens (tertiary/aromatic N) is 2. The molecule has 2 aromatic heterocycles. The van der Waals surface area contributed by atoms with Gasteiger partial charge < -0.3 is 4.98 Å². The average Bonchev–Trinajstić information content (AvgIpc) is 2.74. The van der Waals surface area contributed by atoms with Crippen LogP contribution >= 0.6 is 0 Å². The molecule has 0 saturated carbocycles. The molecule has 2 rings (SSSR count). The van der Waals surface area contributed by atoms with Crippen molar-refractivity contribution in [1.29, 1.82) is 0 Å². The van der Waals surface area contributed by atoms with Crippen molar-refractivity contribution in [3.63, 3.8) is 0 Å². The molecule has 0 atom stereocenters. The lowest BCUT2D eigenvalue weighted by molar-refractivity contribution is 1.09. The maximum absolute atomic E-state index is 4.28. The highest BCUT2D eigenvalue weighted by molar-refractivity contribution is 5.74. The first kappa shape index (κ1) is 19.0. The number of aromatic nitrogens is 3. The molecule has 1 N–H and O–H groups in total. The molecule has 2 heterocycles. The SMILES string of the molecule is CC.CC.CCC.Cc1cc2nc(C)[nH]c2cn1. The first-order valence-corrected chi connectivity index (χ1v) is 6.96. The molecule has 0 unspecified atom stereocenters. The predicted octanol–water partition coefficient (Wildman–Crippen LogP) is 5.04. The monoisotopic (exact) mass is 251 g/mol. The third kappa shape index (κ3) is 7.05. The molecular formula is C15H29N3. The van der Waals surface area contributed by atoms with Gasteiger partial charge in [-0.1, -0.05) is 48.0 Å². The van der Waals surface area contributed by atoms with Crippen LogP contribution in [-0.4, -0.2) is 15.0 Å². The fourth-order valence-electron chi connectivity index (χ4n) is 1.14. The average molecular weight is 251 g/mol. The van der Waals surface area contributed by atoms with Gasteiger partial charge in [0.15, 0.2) is 0 Å². The topological polar surface area (TPSA) is 41.6 Å². The van der Waals surface area contributed by atoms with E-state index in [0.29, 0.717) is 0 Å². The summed E-state index contributed by atoms with van der Waals surface area (Å²) in [5.41, 5.74) is 3.01. The third-order valence-electron chi connectivity index (χ3n) is 1.62. The molecular weight excluding hydrogens is 222 g/mol. The highest BCUT2D eigenvalue weighted by Gasteiger charge is 1.97. The number of aromatic amines is 1. The Hall–Kier alpha value is -1.38. The highest BCUT2D eigenvalue weighted by Crippen LogP contribution is 2.09. The number of imidazole rings is 1. The van der Waals surface area contributed by atoms with Crippen molar-refractivity contribution < 1.29 is 0 Å². The number of hydrogen-bond acceptors (Lipinski definition) is 2. The summed E-state index contributed by atoms with van der Waals surface area (Å²) < 4.78 is 0. The number of rotatable bonds is 0. The van der Waals surface area contributed by atoms with E-state index in [1.165, 1.54) is 6.42 Å². The van der Waals surface area contributed by atoms with Crippen molar-refractivity contribution in [2.75, 3.05) is 0 Å². The summed E-state index contributed by atoms with van der Waals surface area (Å²) >= 11 is 0. The van der Waals surface area contributed by atoms with E-state index in [-0.39, 0.29) is 0 Å². The fourth-order valence-corrected chi connectivity index (χ4v) is 1.14. The minimum absolute atomic E-state index is 0.937. The first-order valence-electron chi connectivity index (χ1n) is 6.96. The minimum Gasteiger partial charge on any atom is -0.341 e. The Morgan fingerprint density at radius 1 is 1.06 bits per heavy atom. The summed E-state index contributed by atoms with van der Waals surface area (Å²) in [5, 5.41) is 0. The standard InChI is InChI=1S/C8H9N3.C3H8.2C2H6/c1-5-3-7-8(4-9-5)11-6(2)10-7;1-3-2;2*1-2/h3-4H,1-2H3,(H,10,11);3H2,1-2H3;2*1-2H3. The highest BCUT2D eigenvalue weighted by atomic mass is 14.9. The van der Waals surface area contributed by atoms with E-state index in [2.05, 4.69) is 28.8 Å². The van der Waals surface area contributed by atoms with Gasteiger partial charge >= 0.3 is 0 Å². The van der Waals surface area contributed by atoms with Gasteiger partial charge in [0.25, 0.3) is 0 Å². The molecule has 0 aliphatic rings. The quantitative estimate of drug-likeness (QED) is 0.712. The van der Waals surface area contributed by atoms with Gasteiger partial charge in [-0.2, -0.15) is 0 Å². The lowest BCUT2D eigenvalue weighted by Crippen LogP contribution is -1.78. The van der Waals surface area contributed by atoms with Crippen molar-refractivity contribution in [3.05, 3.63) is 23.8 Å². The summed E-state index contributed by atoms with van der Waals surface area (Å²) in [6.07, 6.45) is 3.06. The molecule has 0 aliphatic carbocycles. The van der Waals surface area contributed by atoms with Gasteiger partial charge in [-0.3, -0.25) is 4.98 Å². The molecule has 0 amide bonds. The maximum atomic E-state index is 4.28. The van der Waals surface area contributed by atoms with Crippen molar-refractivity contribution in [3.8, 4) is 0 Å². The molecule has 0 fully saturated rings.